The molecule has 1 unspecified atom stereocenters. The van der Waals surface area contributed by atoms with Gasteiger partial charge < -0.3 is 4.42 Å². The maximum atomic E-state index is 5.61. The number of furan rings is 1. The van der Waals surface area contributed by atoms with Crippen LogP contribution in [0.15, 0.2) is 58.7 Å². The smallest absolute Gasteiger partial charge is 0.0952 e. The van der Waals surface area contributed by atoms with Gasteiger partial charge in [-0.05, 0) is 6.07 Å². The Hall–Kier alpha value is -1.95. The summed E-state index contributed by atoms with van der Waals surface area (Å²) in [4.78, 5) is 4.67. The molecule has 0 bridgehead atoms. The Morgan fingerprint density at radius 1 is 1.25 bits per heavy atom. The van der Waals surface area contributed by atoms with E-state index in [0.29, 0.717) is 0 Å². The first-order chi connectivity index (χ1) is 9.86. The lowest BCUT2D eigenvalue weighted by Crippen LogP contribution is -2.29. The van der Waals surface area contributed by atoms with Crippen molar-refractivity contribution in [3.63, 3.8) is 0 Å². The predicted octanol–water partition coefficient (Wildman–Crippen LogP) is 3.15. The standard InChI is InChI=1S/C15H15N3OS/c16-18-13(12-6-7-19-9-12)8-15-17-14(10-20-15)11-4-2-1-3-5-11/h1-7,9-10,13,18H,8,16H2. The predicted molar refractivity (Wildman–Crippen MR) is 80.0 cm³/mol. The maximum Gasteiger partial charge on any atom is 0.0952 e. The van der Waals surface area contributed by atoms with Crippen LogP contribution >= 0.6 is 11.3 Å². The molecule has 0 radical (unpaired) electrons. The van der Waals surface area contributed by atoms with Gasteiger partial charge in [-0.15, -0.1) is 11.3 Å². The van der Waals surface area contributed by atoms with Gasteiger partial charge in [-0.3, -0.25) is 11.3 Å². The zero-order valence-electron chi connectivity index (χ0n) is 10.8. The van der Waals surface area contributed by atoms with E-state index in [0.717, 1.165) is 28.2 Å². The number of benzene rings is 1. The minimum absolute atomic E-state index is 0.0172. The van der Waals surface area contributed by atoms with Crippen molar-refractivity contribution < 1.29 is 4.42 Å². The van der Waals surface area contributed by atoms with Crippen molar-refractivity contribution in [1.29, 1.82) is 0 Å². The molecule has 1 aromatic carbocycles. The quantitative estimate of drug-likeness (QED) is 0.558. The Kier molecular flexibility index (Phi) is 3.92. The van der Waals surface area contributed by atoms with Crippen LogP contribution in [-0.2, 0) is 6.42 Å². The summed E-state index contributed by atoms with van der Waals surface area (Å²) in [6.07, 6.45) is 4.10. The molecule has 3 aromatic rings. The molecule has 2 aromatic heterocycles. The second-order valence-electron chi connectivity index (χ2n) is 4.47. The summed E-state index contributed by atoms with van der Waals surface area (Å²) in [6.45, 7) is 0. The van der Waals surface area contributed by atoms with E-state index in [1.54, 1.807) is 23.9 Å². The van der Waals surface area contributed by atoms with E-state index in [1.165, 1.54) is 0 Å². The van der Waals surface area contributed by atoms with Crippen LogP contribution in [0.5, 0.6) is 0 Å². The Bertz CT molecular complexity index is 649. The summed E-state index contributed by atoms with van der Waals surface area (Å²) in [7, 11) is 0. The number of nitrogens with one attached hydrogen (secondary N) is 1. The monoisotopic (exact) mass is 285 g/mol. The fourth-order valence-electron chi connectivity index (χ4n) is 2.07. The number of hydrogen-bond acceptors (Lipinski definition) is 5. The number of thiazole rings is 1. The van der Waals surface area contributed by atoms with E-state index in [4.69, 9.17) is 10.3 Å². The average molecular weight is 285 g/mol. The summed E-state index contributed by atoms with van der Waals surface area (Å²) in [5, 5.41) is 3.13. The van der Waals surface area contributed by atoms with Gasteiger partial charge in [0.25, 0.3) is 0 Å². The zero-order valence-corrected chi connectivity index (χ0v) is 11.6. The maximum absolute atomic E-state index is 5.61. The molecule has 0 aliphatic rings. The molecule has 4 nitrogen and oxygen atoms in total. The molecule has 1 atom stereocenters. The molecule has 20 heavy (non-hydrogen) atoms. The normalized spacial score (nSPS) is 12.4. The molecule has 2 heterocycles. The van der Waals surface area contributed by atoms with Crippen molar-refractivity contribution in [1.82, 2.24) is 10.4 Å². The van der Waals surface area contributed by atoms with Crippen molar-refractivity contribution >= 4 is 11.3 Å². The van der Waals surface area contributed by atoms with Crippen LogP contribution in [0.3, 0.4) is 0 Å². The van der Waals surface area contributed by atoms with Crippen LogP contribution < -0.4 is 11.3 Å². The third-order valence-electron chi connectivity index (χ3n) is 3.15. The molecule has 3 N–H and O–H groups in total. The molecule has 0 fully saturated rings. The van der Waals surface area contributed by atoms with E-state index in [2.05, 4.69) is 27.9 Å². The number of hydrogen-bond donors (Lipinski definition) is 2. The van der Waals surface area contributed by atoms with Crippen molar-refractivity contribution in [2.45, 2.75) is 12.5 Å². The van der Waals surface area contributed by atoms with E-state index in [9.17, 15) is 0 Å². The second-order valence-corrected chi connectivity index (χ2v) is 5.42. The Balaban J connectivity index is 1.77. The summed E-state index contributed by atoms with van der Waals surface area (Å²) >= 11 is 1.65. The minimum atomic E-state index is 0.0172. The zero-order chi connectivity index (χ0) is 13.8. The lowest BCUT2D eigenvalue weighted by Gasteiger charge is -2.11. The van der Waals surface area contributed by atoms with E-state index < -0.39 is 0 Å². The SMILES string of the molecule is NNC(Cc1nc(-c2ccccc2)cs1)c1ccoc1. The lowest BCUT2D eigenvalue weighted by atomic mass is 10.1. The van der Waals surface area contributed by atoms with Crippen molar-refractivity contribution in [2.24, 2.45) is 5.84 Å². The topological polar surface area (TPSA) is 64.1 Å². The van der Waals surface area contributed by atoms with Gasteiger partial charge in [-0.2, -0.15) is 0 Å². The summed E-state index contributed by atoms with van der Waals surface area (Å²) in [6, 6.07) is 12.1. The average Bonchev–Trinajstić information content (AvgIpc) is 3.17. The number of nitrogens with zero attached hydrogens (tertiary/aromatic N) is 1. The Morgan fingerprint density at radius 3 is 2.80 bits per heavy atom. The highest BCUT2D eigenvalue weighted by atomic mass is 32.1. The van der Waals surface area contributed by atoms with Gasteiger partial charge in [0.15, 0.2) is 0 Å². The number of nitrogens with two attached hydrogens (primary N) is 1. The fraction of sp³-hybridized carbons (Fsp3) is 0.133. The summed E-state index contributed by atoms with van der Waals surface area (Å²) in [5.41, 5.74) is 5.98. The summed E-state index contributed by atoms with van der Waals surface area (Å²) in [5.74, 6) is 5.61. The molecule has 0 aliphatic heterocycles. The fourth-order valence-corrected chi connectivity index (χ4v) is 2.92. The number of hydrazine groups is 1. The van der Waals surface area contributed by atoms with E-state index in [1.807, 2.05) is 24.3 Å². The molecule has 0 amide bonds. The van der Waals surface area contributed by atoms with Gasteiger partial charge in [0.05, 0.1) is 29.3 Å². The molecule has 3 rings (SSSR count). The minimum Gasteiger partial charge on any atom is -0.472 e. The number of aromatic nitrogens is 1. The highest BCUT2D eigenvalue weighted by Gasteiger charge is 2.14. The van der Waals surface area contributed by atoms with Crippen LogP contribution in [0.2, 0.25) is 0 Å². The van der Waals surface area contributed by atoms with Crippen LogP contribution in [0.4, 0.5) is 0 Å². The van der Waals surface area contributed by atoms with Crippen LogP contribution in [0, 0.1) is 0 Å². The molecular weight excluding hydrogens is 270 g/mol. The largest absolute Gasteiger partial charge is 0.472 e. The van der Waals surface area contributed by atoms with E-state index >= 15 is 0 Å². The highest BCUT2D eigenvalue weighted by Crippen LogP contribution is 2.25. The molecule has 0 aliphatic carbocycles. The first kappa shape index (κ1) is 13.1. The molecular formula is C15H15N3OS. The molecule has 0 saturated heterocycles. The van der Waals surface area contributed by atoms with Crippen LogP contribution in [0.25, 0.3) is 11.3 Å². The van der Waals surface area contributed by atoms with Gasteiger partial charge >= 0.3 is 0 Å². The van der Waals surface area contributed by atoms with Gasteiger partial charge in [0, 0.05) is 22.9 Å². The van der Waals surface area contributed by atoms with Crippen molar-refractivity contribution in [3.8, 4) is 11.3 Å². The van der Waals surface area contributed by atoms with Crippen LogP contribution in [0.1, 0.15) is 16.6 Å². The lowest BCUT2D eigenvalue weighted by molar-refractivity contribution is 0.525. The Labute approximate surface area is 121 Å². The van der Waals surface area contributed by atoms with Gasteiger partial charge in [-0.1, -0.05) is 30.3 Å². The van der Waals surface area contributed by atoms with Gasteiger partial charge in [0.2, 0.25) is 0 Å². The summed E-state index contributed by atoms with van der Waals surface area (Å²) < 4.78 is 5.10. The second kappa shape index (κ2) is 6.00. The Morgan fingerprint density at radius 2 is 2.10 bits per heavy atom. The van der Waals surface area contributed by atoms with Crippen molar-refractivity contribution in [3.05, 3.63) is 64.9 Å². The molecule has 5 heteroatoms. The molecule has 0 saturated carbocycles. The highest BCUT2D eigenvalue weighted by molar-refractivity contribution is 7.09. The third-order valence-corrected chi connectivity index (χ3v) is 4.02. The number of rotatable bonds is 5. The first-order valence-electron chi connectivity index (χ1n) is 6.35. The van der Waals surface area contributed by atoms with Crippen molar-refractivity contribution in [2.75, 3.05) is 0 Å². The third kappa shape index (κ3) is 2.80. The van der Waals surface area contributed by atoms with Gasteiger partial charge in [0.1, 0.15) is 0 Å². The molecule has 102 valence electrons. The van der Waals surface area contributed by atoms with E-state index in [-0.39, 0.29) is 6.04 Å². The first-order valence-corrected chi connectivity index (χ1v) is 7.23. The van der Waals surface area contributed by atoms with Crippen LogP contribution in [-0.4, -0.2) is 4.98 Å². The van der Waals surface area contributed by atoms with Gasteiger partial charge in [-0.25, -0.2) is 4.98 Å². The molecule has 0 spiro atoms.